The van der Waals surface area contributed by atoms with Gasteiger partial charge in [-0.15, -0.1) is 0 Å². The normalized spacial score (nSPS) is 16.3. The highest BCUT2D eigenvalue weighted by Crippen LogP contribution is 2.34. The summed E-state index contributed by atoms with van der Waals surface area (Å²) in [5.74, 6) is -0.834. The van der Waals surface area contributed by atoms with E-state index in [0.717, 1.165) is 11.3 Å². The van der Waals surface area contributed by atoms with Crippen LogP contribution in [0.1, 0.15) is 35.8 Å². The number of nitrogens with one attached hydrogen (secondary N) is 1. The third-order valence-corrected chi connectivity index (χ3v) is 4.96. The van der Waals surface area contributed by atoms with Crippen LogP contribution < -0.4 is 10.2 Å². The van der Waals surface area contributed by atoms with Gasteiger partial charge in [0.2, 0.25) is 0 Å². The Hall–Kier alpha value is -3.19. The van der Waals surface area contributed by atoms with E-state index in [1.807, 2.05) is 42.2 Å². The predicted octanol–water partition coefficient (Wildman–Crippen LogP) is 3.75. The van der Waals surface area contributed by atoms with E-state index in [1.165, 1.54) is 7.11 Å². The van der Waals surface area contributed by atoms with Gasteiger partial charge in [-0.1, -0.05) is 30.3 Å². The zero-order valence-electron chi connectivity index (χ0n) is 16.5. The standard InChI is InChI=1S/C22H22N2O4S/c1-4-28-21(26)18-14(2)24(17-8-6-5-7-9-17)22(29)23-19(18)15-10-12-16(13-11-15)20(25)27-3/h5-13,19H,4H2,1-3H3,(H,23,29)/t19-/m0/s1. The molecule has 0 saturated heterocycles. The number of thiocarbonyl (C=S) groups is 1. The molecule has 29 heavy (non-hydrogen) atoms. The second kappa shape index (κ2) is 8.87. The Morgan fingerprint density at radius 1 is 1.07 bits per heavy atom. The number of anilines is 1. The maximum absolute atomic E-state index is 12.8. The van der Waals surface area contributed by atoms with Crippen molar-refractivity contribution in [3.8, 4) is 0 Å². The number of allylic oxidation sites excluding steroid dienone is 1. The molecule has 0 unspecified atom stereocenters. The Balaban J connectivity index is 2.07. The van der Waals surface area contributed by atoms with Crippen molar-refractivity contribution in [1.29, 1.82) is 0 Å². The van der Waals surface area contributed by atoms with E-state index in [-0.39, 0.29) is 6.61 Å². The van der Waals surface area contributed by atoms with Crippen molar-refractivity contribution in [2.75, 3.05) is 18.6 Å². The summed E-state index contributed by atoms with van der Waals surface area (Å²) < 4.78 is 10.1. The summed E-state index contributed by atoms with van der Waals surface area (Å²) in [5.41, 5.74) is 3.23. The average Bonchev–Trinajstić information content (AvgIpc) is 2.73. The lowest BCUT2D eigenvalue weighted by Gasteiger charge is -2.37. The average molecular weight is 410 g/mol. The molecule has 0 saturated carbocycles. The van der Waals surface area contributed by atoms with Gasteiger partial charge < -0.3 is 14.8 Å². The van der Waals surface area contributed by atoms with E-state index in [9.17, 15) is 9.59 Å². The molecule has 1 atom stereocenters. The summed E-state index contributed by atoms with van der Waals surface area (Å²) in [5, 5.41) is 3.72. The first kappa shape index (κ1) is 20.5. The van der Waals surface area contributed by atoms with Gasteiger partial charge in [-0.25, -0.2) is 9.59 Å². The van der Waals surface area contributed by atoms with Crippen LogP contribution in [0.15, 0.2) is 65.9 Å². The Labute approximate surface area is 175 Å². The molecule has 1 heterocycles. The smallest absolute Gasteiger partial charge is 0.338 e. The molecule has 1 aliphatic heterocycles. The molecule has 1 N–H and O–H groups in total. The van der Waals surface area contributed by atoms with Crippen LogP contribution in [0.2, 0.25) is 0 Å². The molecule has 6 nitrogen and oxygen atoms in total. The quantitative estimate of drug-likeness (QED) is 0.595. The number of carbonyl (C=O) groups excluding carboxylic acids is 2. The molecule has 7 heteroatoms. The van der Waals surface area contributed by atoms with Gasteiger partial charge in [0.05, 0.1) is 30.9 Å². The summed E-state index contributed by atoms with van der Waals surface area (Å²) in [6, 6.07) is 16.0. The number of hydrogen-bond donors (Lipinski definition) is 1. The third-order valence-electron chi connectivity index (χ3n) is 4.66. The number of ether oxygens (including phenoxy) is 2. The van der Waals surface area contributed by atoms with E-state index in [4.69, 9.17) is 21.7 Å². The first-order chi connectivity index (χ1) is 14.0. The van der Waals surface area contributed by atoms with Crippen molar-refractivity contribution >= 4 is 35.0 Å². The maximum Gasteiger partial charge on any atom is 0.338 e. The number of rotatable bonds is 5. The predicted molar refractivity (Wildman–Crippen MR) is 115 cm³/mol. The molecule has 0 fully saturated rings. The minimum absolute atomic E-state index is 0.263. The summed E-state index contributed by atoms with van der Waals surface area (Å²) in [4.78, 5) is 26.4. The van der Waals surface area contributed by atoms with E-state index in [2.05, 4.69) is 5.32 Å². The van der Waals surface area contributed by atoms with Crippen molar-refractivity contribution in [2.24, 2.45) is 0 Å². The van der Waals surface area contributed by atoms with Gasteiger partial charge in [-0.2, -0.15) is 0 Å². The lowest BCUT2D eigenvalue weighted by Crippen LogP contribution is -2.48. The summed E-state index contributed by atoms with van der Waals surface area (Å²) in [7, 11) is 1.33. The molecular formula is C22H22N2O4S. The monoisotopic (exact) mass is 410 g/mol. The van der Waals surface area contributed by atoms with Gasteiger partial charge in [0.25, 0.3) is 0 Å². The van der Waals surface area contributed by atoms with Crippen LogP contribution in [0.25, 0.3) is 0 Å². The van der Waals surface area contributed by atoms with Gasteiger partial charge in [-0.3, -0.25) is 4.90 Å². The molecule has 2 aromatic carbocycles. The number of para-hydroxylation sites is 1. The van der Waals surface area contributed by atoms with Gasteiger partial charge >= 0.3 is 11.9 Å². The fourth-order valence-electron chi connectivity index (χ4n) is 3.28. The highest BCUT2D eigenvalue weighted by molar-refractivity contribution is 7.80. The van der Waals surface area contributed by atoms with Gasteiger partial charge in [0.15, 0.2) is 5.11 Å². The molecule has 0 bridgehead atoms. The Morgan fingerprint density at radius 2 is 1.72 bits per heavy atom. The number of methoxy groups -OCH3 is 1. The first-order valence-corrected chi connectivity index (χ1v) is 9.60. The second-order valence-electron chi connectivity index (χ2n) is 6.39. The van der Waals surface area contributed by atoms with E-state index in [0.29, 0.717) is 21.9 Å². The maximum atomic E-state index is 12.8. The Bertz CT molecular complexity index is 955. The zero-order valence-corrected chi connectivity index (χ0v) is 17.3. The van der Waals surface area contributed by atoms with Gasteiger partial charge in [0.1, 0.15) is 0 Å². The lowest BCUT2D eigenvalue weighted by molar-refractivity contribution is -0.139. The summed E-state index contributed by atoms with van der Waals surface area (Å²) >= 11 is 5.61. The first-order valence-electron chi connectivity index (χ1n) is 9.19. The highest BCUT2D eigenvalue weighted by atomic mass is 32.1. The van der Waals surface area contributed by atoms with Crippen LogP contribution >= 0.6 is 12.2 Å². The van der Waals surface area contributed by atoms with Crippen molar-refractivity contribution in [1.82, 2.24) is 5.32 Å². The SMILES string of the molecule is CCOC(=O)C1=C(C)N(c2ccccc2)C(=S)N[C@H]1c1ccc(C(=O)OC)cc1. The van der Waals surface area contributed by atoms with E-state index < -0.39 is 18.0 Å². The van der Waals surface area contributed by atoms with Crippen LogP contribution in [0.5, 0.6) is 0 Å². The molecule has 0 spiro atoms. The topological polar surface area (TPSA) is 67.9 Å². The lowest BCUT2D eigenvalue weighted by atomic mass is 9.94. The van der Waals surface area contributed by atoms with Crippen molar-refractivity contribution in [2.45, 2.75) is 19.9 Å². The van der Waals surface area contributed by atoms with E-state index in [1.54, 1.807) is 31.2 Å². The fraction of sp³-hybridized carbons (Fsp3) is 0.227. The van der Waals surface area contributed by atoms with Gasteiger partial charge in [-0.05, 0) is 55.9 Å². The van der Waals surface area contributed by atoms with Crippen LogP contribution in [0, 0.1) is 0 Å². The molecule has 150 valence electrons. The van der Waals surface area contributed by atoms with Crippen molar-refractivity contribution in [3.63, 3.8) is 0 Å². The third kappa shape index (κ3) is 4.14. The van der Waals surface area contributed by atoms with Gasteiger partial charge in [0, 0.05) is 11.4 Å². The summed E-state index contributed by atoms with van der Waals surface area (Å²) in [6.07, 6.45) is 0. The molecule has 1 aliphatic rings. The van der Waals surface area contributed by atoms with Crippen LogP contribution in [-0.4, -0.2) is 30.8 Å². The Morgan fingerprint density at radius 3 is 2.31 bits per heavy atom. The summed E-state index contributed by atoms with van der Waals surface area (Å²) in [6.45, 7) is 3.88. The minimum Gasteiger partial charge on any atom is -0.465 e. The van der Waals surface area contributed by atoms with Crippen LogP contribution in [0.4, 0.5) is 5.69 Å². The minimum atomic E-state index is -0.492. The molecule has 2 aromatic rings. The highest BCUT2D eigenvalue weighted by Gasteiger charge is 2.35. The number of esters is 2. The van der Waals surface area contributed by atoms with Crippen LogP contribution in [0.3, 0.4) is 0 Å². The molecular weight excluding hydrogens is 388 g/mol. The number of carbonyl (C=O) groups is 2. The fourth-order valence-corrected chi connectivity index (χ4v) is 3.64. The number of hydrogen-bond acceptors (Lipinski definition) is 5. The molecule has 0 amide bonds. The molecule has 0 radical (unpaired) electrons. The van der Waals surface area contributed by atoms with Crippen molar-refractivity contribution in [3.05, 3.63) is 77.0 Å². The molecule has 0 aliphatic carbocycles. The number of nitrogens with zero attached hydrogens (tertiary/aromatic N) is 1. The molecule has 0 aromatic heterocycles. The largest absolute Gasteiger partial charge is 0.465 e. The second-order valence-corrected chi connectivity index (χ2v) is 6.77. The number of benzene rings is 2. The zero-order chi connectivity index (χ0) is 21.0. The molecule has 3 rings (SSSR count). The van der Waals surface area contributed by atoms with Crippen molar-refractivity contribution < 1.29 is 19.1 Å². The van der Waals surface area contributed by atoms with Crippen LogP contribution in [-0.2, 0) is 14.3 Å². The Kier molecular flexibility index (Phi) is 6.29. The van der Waals surface area contributed by atoms with E-state index >= 15 is 0 Å².